The fourth-order valence-electron chi connectivity index (χ4n) is 1.95. The van der Waals surface area contributed by atoms with Crippen LogP contribution < -0.4 is 10.1 Å². The van der Waals surface area contributed by atoms with Gasteiger partial charge in [0.2, 0.25) is 5.65 Å². The molecule has 0 unspecified atom stereocenters. The SMILES string of the molecule is CCCNc1cn2ccnc2c(Oc2cccc(Br)c2)n1. The smallest absolute Gasteiger partial charge is 0.265 e. The number of halogens is 1. The summed E-state index contributed by atoms with van der Waals surface area (Å²) < 4.78 is 8.75. The van der Waals surface area contributed by atoms with E-state index in [1.807, 2.05) is 41.1 Å². The minimum absolute atomic E-state index is 0.485. The summed E-state index contributed by atoms with van der Waals surface area (Å²) in [5.41, 5.74) is 0.692. The van der Waals surface area contributed by atoms with E-state index in [1.54, 1.807) is 6.20 Å². The first-order chi connectivity index (χ1) is 10.3. The van der Waals surface area contributed by atoms with E-state index in [0.29, 0.717) is 11.5 Å². The van der Waals surface area contributed by atoms with Crippen molar-refractivity contribution in [1.82, 2.24) is 14.4 Å². The van der Waals surface area contributed by atoms with E-state index in [4.69, 9.17) is 4.74 Å². The van der Waals surface area contributed by atoms with E-state index < -0.39 is 0 Å². The lowest BCUT2D eigenvalue weighted by Gasteiger charge is -2.10. The highest BCUT2D eigenvalue weighted by molar-refractivity contribution is 9.10. The molecule has 5 nitrogen and oxygen atoms in total. The van der Waals surface area contributed by atoms with Crippen molar-refractivity contribution in [1.29, 1.82) is 0 Å². The summed E-state index contributed by atoms with van der Waals surface area (Å²) in [6.07, 6.45) is 6.55. The highest BCUT2D eigenvalue weighted by atomic mass is 79.9. The van der Waals surface area contributed by atoms with Gasteiger partial charge in [0.15, 0.2) is 0 Å². The molecular formula is C15H15BrN4O. The second-order valence-corrected chi connectivity index (χ2v) is 5.49. The average molecular weight is 347 g/mol. The second kappa shape index (κ2) is 6.13. The third-order valence-electron chi connectivity index (χ3n) is 2.91. The van der Waals surface area contributed by atoms with Crippen molar-refractivity contribution in [3.05, 3.63) is 47.3 Å². The number of anilines is 1. The molecule has 3 rings (SSSR count). The Morgan fingerprint density at radius 1 is 1.38 bits per heavy atom. The van der Waals surface area contributed by atoms with Gasteiger partial charge < -0.3 is 10.1 Å². The standard InChI is InChI=1S/C15H15BrN4O/c1-2-6-17-13-10-20-8-7-18-14(20)15(19-13)21-12-5-3-4-11(16)9-12/h3-5,7-10,17H,2,6H2,1H3. The molecule has 0 fully saturated rings. The van der Waals surface area contributed by atoms with Crippen LogP contribution in [0.15, 0.2) is 47.3 Å². The number of aromatic nitrogens is 3. The van der Waals surface area contributed by atoms with Crippen LogP contribution in [0.2, 0.25) is 0 Å². The molecule has 21 heavy (non-hydrogen) atoms. The van der Waals surface area contributed by atoms with Gasteiger partial charge in [-0.15, -0.1) is 0 Å². The Bertz CT molecular complexity index is 756. The molecule has 2 heterocycles. The summed E-state index contributed by atoms with van der Waals surface area (Å²) in [6, 6.07) is 7.65. The van der Waals surface area contributed by atoms with Gasteiger partial charge in [-0.2, -0.15) is 4.98 Å². The first kappa shape index (κ1) is 13.9. The maximum atomic E-state index is 5.89. The molecule has 0 aliphatic rings. The topological polar surface area (TPSA) is 51.5 Å². The van der Waals surface area contributed by atoms with Crippen LogP contribution in [0.3, 0.4) is 0 Å². The molecule has 2 aromatic heterocycles. The maximum Gasteiger partial charge on any atom is 0.265 e. The van der Waals surface area contributed by atoms with Crippen LogP contribution in [0.1, 0.15) is 13.3 Å². The van der Waals surface area contributed by atoms with E-state index in [1.165, 1.54) is 0 Å². The Labute approximate surface area is 131 Å². The normalized spacial score (nSPS) is 10.8. The Hall–Kier alpha value is -2.08. The Kier molecular flexibility index (Phi) is 4.06. The van der Waals surface area contributed by atoms with E-state index in [-0.39, 0.29) is 0 Å². The van der Waals surface area contributed by atoms with Crippen molar-refractivity contribution in [2.45, 2.75) is 13.3 Å². The van der Waals surface area contributed by atoms with Crippen molar-refractivity contribution < 1.29 is 4.74 Å². The largest absolute Gasteiger partial charge is 0.436 e. The molecule has 0 amide bonds. The molecule has 108 valence electrons. The zero-order chi connectivity index (χ0) is 14.7. The molecular weight excluding hydrogens is 332 g/mol. The second-order valence-electron chi connectivity index (χ2n) is 4.58. The van der Waals surface area contributed by atoms with E-state index >= 15 is 0 Å². The molecule has 0 radical (unpaired) electrons. The Morgan fingerprint density at radius 3 is 3.10 bits per heavy atom. The van der Waals surface area contributed by atoms with Crippen LogP contribution >= 0.6 is 15.9 Å². The van der Waals surface area contributed by atoms with E-state index in [9.17, 15) is 0 Å². The number of imidazole rings is 1. The van der Waals surface area contributed by atoms with Gasteiger partial charge in [-0.1, -0.05) is 28.9 Å². The summed E-state index contributed by atoms with van der Waals surface area (Å²) in [4.78, 5) is 8.80. The molecule has 0 saturated carbocycles. The van der Waals surface area contributed by atoms with Crippen molar-refractivity contribution in [3.63, 3.8) is 0 Å². The third kappa shape index (κ3) is 3.16. The number of rotatable bonds is 5. The number of fused-ring (bicyclic) bond motifs is 1. The van der Waals surface area contributed by atoms with Gasteiger partial charge in [0.1, 0.15) is 11.6 Å². The highest BCUT2D eigenvalue weighted by Crippen LogP contribution is 2.26. The van der Waals surface area contributed by atoms with E-state index in [2.05, 4.69) is 38.1 Å². The minimum atomic E-state index is 0.485. The summed E-state index contributed by atoms with van der Waals surface area (Å²) in [5, 5.41) is 3.26. The first-order valence-electron chi connectivity index (χ1n) is 6.77. The van der Waals surface area contributed by atoms with Gasteiger partial charge in [0, 0.05) is 23.4 Å². The number of nitrogens with zero attached hydrogens (tertiary/aromatic N) is 3. The molecule has 0 aliphatic heterocycles. The molecule has 0 atom stereocenters. The summed E-state index contributed by atoms with van der Waals surface area (Å²) in [7, 11) is 0. The van der Waals surface area contributed by atoms with E-state index in [0.717, 1.165) is 29.0 Å². The van der Waals surface area contributed by atoms with Crippen LogP contribution in [-0.4, -0.2) is 20.9 Å². The lowest BCUT2D eigenvalue weighted by molar-refractivity contribution is 0.465. The predicted molar refractivity (Wildman–Crippen MR) is 86.0 cm³/mol. The molecule has 0 bridgehead atoms. The number of hydrogen-bond donors (Lipinski definition) is 1. The van der Waals surface area contributed by atoms with Crippen LogP contribution in [0.25, 0.3) is 5.65 Å². The van der Waals surface area contributed by atoms with Gasteiger partial charge in [-0.25, -0.2) is 4.98 Å². The molecule has 6 heteroatoms. The monoisotopic (exact) mass is 346 g/mol. The third-order valence-corrected chi connectivity index (χ3v) is 3.40. The predicted octanol–water partition coefficient (Wildman–Crippen LogP) is 4.11. The van der Waals surface area contributed by atoms with Crippen LogP contribution in [0.4, 0.5) is 5.82 Å². The minimum Gasteiger partial charge on any atom is -0.436 e. The van der Waals surface area contributed by atoms with Crippen LogP contribution in [0.5, 0.6) is 11.6 Å². The first-order valence-corrected chi connectivity index (χ1v) is 7.56. The van der Waals surface area contributed by atoms with Gasteiger partial charge in [0.05, 0.1) is 6.20 Å². The Balaban J connectivity index is 1.97. The van der Waals surface area contributed by atoms with Crippen molar-refractivity contribution >= 4 is 27.4 Å². The van der Waals surface area contributed by atoms with Gasteiger partial charge in [0.25, 0.3) is 5.88 Å². The van der Waals surface area contributed by atoms with Crippen LogP contribution in [-0.2, 0) is 0 Å². The quantitative estimate of drug-likeness (QED) is 0.755. The summed E-state index contributed by atoms with van der Waals surface area (Å²) in [5.74, 6) is 1.97. The van der Waals surface area contributed by atoms with Crippen molar-refractivity contribution in [2.75, 3.05) is 11.9 Å². The molecule has 0 aliphatic carbocycles. The number of ether oxygens (including phenoxy) is 1. The van der Waals surface area contributed by atoms with Crippen molar-refractivity contribution in [2.24, 2.45) is 0 Å². The van der Waals surface area contributed by atoms with Crippen molar-refractivity contribution in [3.8, 4) is 11.6 Å². The lowest BCUT2D eigenvalue weighted by Crippen LogP contribution is -2.04. The molecule has 3 aromatic rings. The Morgan fingerprint density at radius 2 is 2.29 bits per heavy atom. The zero-order valence-corrected chi connectivity index (χ0v) is 13.2. The molecule has 0 saturated heterocycles. The van der Waals surface area contributed by atoms with Gasteiger partial charge >= 0.3 is 0 Å². The highest BCUT2D eigenvalue weighted by Gasteiger charge is 2.10. The van der Waals surface area contributed by atoms with Gasteiger partial charge in [-0.3, -0.25) is 4.40 Å². The molecule has 0 spiro atoms. The number of benzene rings is 1. The fraction of sp³-hybridized carbons (Fsp3) is 0.200. The summed E-state index contributed by atoms with van der Waals surface area (Å²) >= 11 is 3.43. The van der Waals surface area contributed by atoms with Gasteiger partial charge in [-0.05, 0) is 24.6 Å². The lowest BCUT2D eigenvalue weighted by atomic mass is 10.3. The maximum absolute atomic E-state index is 5.89. The fourth-order valence-corrected chi connectivity index (χ4v) is 2.33. The molecule has 1 N–H and O–H groups in total. The number of hydrogen-bond acceptors (Lipinski definition) is 4. The average Bonchev–Trinajstić information content (AvgIpc) is 2.94. The number of nitrogens with one attached hydrogen (secondary N) is 1. The van der Waals surface area contributed by atoms with Crippen LogP contribution in [0, 0.1) is 0 Å². The summed E-state index contributed by atoms with van der Waals surface area (Å²) in [6.45, 7) is 2.98. The zero-order valence-electron chi connectivity index (χ0n) is 11.6. The molecule has 1 aromatic carbocycles.